The highest BCUT2D eigenvalue weighted by Gasteiger charge is 2.13. The fraction of sp³-hybridized carbons (Fsp3) is 0.125. The Kier molecular flexibility index (Phi) is 4.07. The standard InChI is InChI=1S/C16H14O3/c1-19-15-9-5-8-13(16(15)18)14(17)11-10-12-6-3-2-4-7-12/h2-9,14,17-18H,1H3. The van der Waals surface area contributed by atoms with Gasteiger partial charge in [0.2, 0.25) is 0 Å². The summed E-state index contributed by atoms with van der Waals surface area (Å²) < 4.78 is 4.99. The highest BCUT2D eigenvalue weighted by Crippen LogP contribution is 2.33. The molecule has 0 saturated carbocycles. The Morgan fingerprint density at radius 1 is 1.05 bits per heavy atom. The van der Waals surface area contributed by atoms with E-state index < -0.39 is 6.10 Å². The van der Waals surface area contributed by atoms with E-state index in [0.717, 1.165) is 5.56 Å². The molecule has 2 aromatic rings. The van der Waals surface area contributed by atoms with E-state index in [2.05, 4.69) is 11.8 Å². The van der Waals surface area contributed by atoms with Crippen LogP contribution in [0.15, 0.2) is 48.5 Å². The van der Waals surface area contributed by atoms with Gasteiger partial charge in [0.15, 0.2) is 11.5 Å². The monoisotopic (exact) mass is 254 g/mol. The lowest BCUT2D eigenvalue weighted by Gasteiger charge is -2.09. The number of hydrogen-bond donors (Lipinski definition) is 2. The third-order valence-electron chi connectivity index (χ3n) is 2.67. The molecule has 0 aromatic heterocycles. The first kappa shape index (κ1) is 13.0. The minimum absolute atomic E-state index is 0.0835. The van der Waals surface area contributed by atoms with Gasteiger partial charge >= 0.3 is 0 Å². The van der Waals surface area contributed by atoms with Crippen molar-refractivity contribution in [1.82, 2.24) is 0 Å². The van der Waals surface area contributed by atoms with Crippen molar-refractivity contribution < 1.29 is 14.9 Å². The molecule has 0 amide bonds. The summed E-state index contributed by atoms with van der Waals surface area (Å²) in [6.07, 6.45) is -1.06. The third kappa shape index (κ3) is 3.06. The van der Waals surface area contributed by atoms with Gasteiger partial charge < -0.3 is 14.9 Å². The Morgan fingerprint density at radius 3 is 2.47 bits per heavy atom. The Bertz CT molecular complexity index is 609. The van der Waals surface area contributed by atoms with Gasteiger partial charge in [-0.05, 0) is 18.2 Å². The van der Waals surface area contributed by atoms with E-state index in [1.165, 1.54) is 7.11 Å². The van der Waals surface area contributed by atoms with Crippen molar-refractivity contribution in [3.8, 4) is 23.3 Å². The predicted molar refractivity (Wildman–Crippen MR) is 72.9 cm³/mol. The number of phenols is 1. The summed E-state index contributed by atoms with van der Waals surface area (Å²) in [5.41, 5.74) is 1.15. The van der Waals surface area contributed by atoms with Crippen LogP contribution < -0.4 is 4.74 Å². The average molecular weight is 254 g/mol. The topological polar surface area (TPSA) is 49.7 Å². The fourth-order valence-corrected chi connectivity index (χ4v) is 1.68. The van der Waals surface area contributed by atoms with Crippen LogP contribution in [0.5, 0.6) is 11.5 Å². The maximum atomic E-state index is 9.99. The van der Waals surface area contributed by atoms with Crippen LogP contribution in [0, 0.1) is 11.8 Å². The van der Waals surface area contributed by atoms with Crippen molar-refractivity contribution in [3.05, 3.63) is 59.7 Å². The third-order valence-corrected chi connectivity index (χ3v) is 2.67. The van der Waals surface area contributed by atoms with E-state index in [9.17, 15) is 10.2 Å². The number of aromatic hydroxyl groups is 1. The number of rotatable bonds is 2. The van der Waals surface area contributed by atoms with Crippen LogP contribution in [-0.4, -0.2) is 17.3 Å². The molecule has 96 valence electrons. The number of benzene rings is 2. The highest BCUT2D eigenvalue weighted by molar-refractivity contribution is 5.49. The molecule has 2 aromatic carbocycles. The Labute approximate surface area is 112 Å². The first-order chi connectivity index (χ1) is 9.22. The number of methoxy groups -OCH3 is 1. The second-order valence-electron chi connectivity index (χ2n) is 3.94. The molecule has 0 bridgehead atoms. The highest BCUT2D eigenvalue weighted by atomic mass is 16.5. The van der Waals surface area contributed by atoms with E-state index in [1.54, 1.807) is 18.2 Å². The number of hydrogen-bond acceptors (Lipinski definition) is 3. The molecular weight excluding hydrogens is 240 g/mol. The molecule has 0 radical (unpaired) electrons. The van der Waals surface area contributed by atoms with Crippen LogP contribution in [0.3, 0.4) is 0 Å². The van der Waals surface area contributed by atoms with Crippen molar-refractivity contribution in [2.24, 2.45) is 0 Å². The van der Waals surface area contributed by atoms with Gasteiger partial charge in [-0.2, -0.15) is 0 Å². The van der Waals surface area contributed by atoms with Gasteiger partial charge in [0.25, 0.3) is 0 Å². The lowest BCUT2D eigenvalue weighted by Crippen LogP contribution is -1.96. The van der Waals surface area contributed by atoms with E-state index in [4.69, 9.17) is 4.74 Å². The van der Waals surface area contributed by atoms with Crippen LogP contribution in [-0.2, 0) is 0 Å². The summed E-state index contributed by atoms with van der Waals surface area (Å²) >= 11 is 0. The van der Waals surface area contributed by atoms with E-state index >= 15 is 0 Å². The second-order valence-corrected chi connectivity index (χ2v) is 3.94. The van der Waals surface area contributed by atoms with Crippen molar-refractivity contribution in [2.75, 3.05) is 7.11 Å². The van der Waals surface area contributed by atoms with Crippen molar-refractivity contribution in [3.63, 3.8) is 0 Å². The smallest absolute Gasteiger partial charge is 0.164 e. The molecule has 3 nitrogen and oxygen atoms in total. The molecule has 2 N–H and O–H groups in total. The number of ether oxygens (including phenoxy) is 1. The molecule has 0 aliphatic rings. The Morgan fingerprint density at radius 2 is 1.79 bits per heavy atom. The normalized spacial score (nSPS) is 11.3. The molecule has 0 aliphatic carbocycles. The Balaban J connectivity index is 2.26. The van der Waals surface area contributed by atoms with Crippen LogP contribution in [0.4, 0.5) is 0 Å². The average Bonchev–Trinajstić information content (AvgIpc) is 2.46. The van der Waals surface area contributed by atoms with Gasteiger partial charge in [-0.3, -0.25) is 0 Å². The molecule has 0 heterocycles. The van der Waals surface area contributed by atoms with Gasteiger partial charge in [0.05, 0.1) is 7.11 Å². The quantitative estimate of drug-likeness (QED) is 0.809. The fourth-order valence-electron chi connectivity index (χ4n) is 1.68. The summed E-state index contributed by atoms with van der Waals surface area (Å²) in [6, 6.07) is 14.3. The lowest BCUT2D eigenvalue weighted by atomic mass is 10.1. The first-order valence-electron chi connectivity index (χ1n) is 5.83. The Hall–Kier alpha value is -2.44. The summed E-state index contributed by atoms with van der Waals surface area (Å²) in [5.74, 6) is 5.79. The zero-order valence-electron chi connectivity index (χ0n) is 10.5. The number of phenolic OH excluding ortho intramolecular Hbond substituents is 1. The van der Waals surface area contributed by atoms with Gasteiger partial charge in [0, 0.05) is 11.1 Å². The van der Waals surface area contributed by atoms with Crippen LogP contribution >= 0.6 is 0 Å². The molecular formula is C16H14O3. The minimum atomic E-state index is -1.06. The van der Waals surface area contributed by atoms with Crippen LogP contribution in [0.25, 0.3) is 0 Å². The maximum absolute atomic E-state index is 9.99. The molecule has 1 unspecified atom stereocenters. The zero-order valence-corrected chi connectivity index (χ0v) is 10.5. The van der Waals surface area contributed by atoms with Crippen molar-refractivity contribution >= 4 is 0 Å². The van der Waals surface area contributed by atoms with Crippen molar-refractivity contribution in [1.29, 1.82) is 0 Å². The van der Waals surface area contributed by atoms with Crippen molar-refractivity contribution in [2.45, 2.75) is 6.10 Å². The SMILES string of the molecule is COc1cccc(C(O)C#Cc2ccccc2)c1O. The second kappa shape index (κ2) is 5.94. The largest absolute Gasteiger partial charge is 0.504 e. The van der Waals surface area contributed by atoms with Crippen LogP contribution in [0.2, 0.25) is 0 Å². The van der Waals surface area contributed by atoms with Gasteiger partial charge in [-0.25, -0.2) is 0 Å². The zero-order chi connectivity index (χ0) is 13.7. The number of para-hydroxylation sites is 1. The summed E-state index contributed by atoms with van der Waals surface area (Å²) in [6.45, 7) is 0. The van der Waals surface area contributed by atoms with E-state index in [0.29, 0.717) is 11.3 Å². The molecule has 2 rings (SSSR count). The summed E-state index contributed by atoms with van der Waals surface area (Å²) in [5, 5.41) is 19.9. The molecule has 3 heteroatoms. The molecule has 0 saturated heterocycles. The minimum Gasteiger partial charge on any atom is -0.504 e. The summed E-state index contributed by atoms with van der Waals surface area (Å²) in [4.78, 5) is 0. The van der Waals surface area contributed by atoms with Gasteiger partial charge in [-0.15, -0.1) is 0 Å². The predicted octanol–water partition coefficient (Wildman–Crippen LogP) is 2.49. The number of aliphatic hydroxyl groups excluding tert-OH is 1. The molecule has 19 heavy (non-hydrogen) atoms. The molecule has 1 atom stereocenters. The first-order valence-corrected chi connectivity index (χ1v) is 5.83. The lowest BCUT2D eigenvalue weighted by molar-refractivity contribution is 0.231. The van der Waals surface area contributed by atoms with Gasteiger partial charge in [-0.1, -0.05) is 42.2 Å². The molecule has 0 aliphatic heterocycles. The van der Waals surface area contributed by atoms with E-state index in [-0.39, 0.29) is 5.75 Å². The molecule has 0 fully saturated rings. The van der Waals surface area contributed by atoms with E-state index in [1.807, 2.05) is 30.3 Å². The number of aliphatic hydroxyl groups is 1. The maximum Gasteiger partial charge on any atom is 0.164 e. The molecule has 0 spiro atoms. The summed E-state index contributed by atoms with van der Waals surface area (Å²) in [7, 11) is 1.46. The van der Waals surface area contributed by atoms with Crippen LogP contribution in [0.1, 0.15) is 17.2 Å². The van der Waals surface area contributed by atoms with Gasteiger partial charge in [0.1, 0.15) is 6.10 Å².